The number of aliphatic hydroxyl groups excluding tert-OH is 2. The van der Waals surface area contributed by atoms with E-state index in [-0.39, 0.29) is 6.61 Å². The number of aliphatic carboxylic acids is 1. The van der Waals surface area contributed by atoms with Gasteiger partial charge in [0.1, 0.15) is 0 Å². The molecule has 0 aromatic rings. The third kappa shape index (κ3) is 577. The highest BCUT2D eigenvalue weighted by atomic mass is 16.4. The summed E-state index contributed by atoms with van der Waals surface area (Å²) >= 11 is 0. The molecule has 0 aromatic carbocycles. The maximum absolute atomic E-state index is 9.00. The molecule has 0 bridgehead atoms. The second-order valence-corrected chi connectivity index (χ2v) is 0.835. The Balaban J connectivity index is -0.0000000646. The highest BCUT2D eigenvalue weighted by molar-refractivity contribution is 5.62. The lowest BCUT2D eigenvalue weighted by Gasteiger charge is -1.59. The molecule has 0 saturated carbocycles. The van der Waals surface area contributed by atoms with Gasteiger partial charge in [-0.1, -0.05) is 0 Å². The molecule has 9 heavy (non-hydrogen) atoms. The minimum Gasteiger partial charge on any atom is -0.481 e. The minimum absolute atomic E-state index is 0.250. The van der Waals surface area contributed by atoms with Crippen molar-refractivity contribution < 1.29 is 20.1 Å². The van der Waals surface area contributed by atoms with Crippen molar-refractivity contribution >= 4 is 5.97 Å². The summed E-state index contributed by atoms with van der Waals surface area (Å²) in [4.78, 5) is 9.00. The Morgan fingerprint density at radius 3 is 1.44 bits per heavy atom. The number of carbonyl (C=O) groups is 1. The van der Waals surface area contributed by atoms with E-state index in [2.05, 4.69) is 0 Å². The normalized spacial score (nSPS) is 5.44. The summed E-state index contributed by atoms with van der Waals surface area (Å²) in [6, 6.07) is 0. The van der Waals surface area contributed by atoms with Crippen LogP contribution in [0.3, 0.4) is 0 Å². The van der Waals surface area contributed by atoms with Crippen LogP contribution in [0.25, 0.3) is 0 Å². The Morgan fingerprint density at radius 1 is 1.44 bits per heavy atom. The Morgan fingerprint density at radius 2 is 1.44 bits per heavy atom. The lowest BCUT2D eigenvalue weighted by atomic mass is 10.9. The molecule has 0 atom stereocenters. The molecule has 0 aromatic heterocycles. The first-order valence-electron chi connectivity index (χ1n) is 2.40. The zero-order valence-electron chi connectivity index (χ0n) is 5.96. The molecule has 0 saturated heterocycles. The standard InChI is InChI=1S/C2H4O2.C2H6O.CH4O/c1-2(3)4;1-2-3;1-2/h1H3,(H,3,4);3H,2H2,1H3;2H,1H3. The van der Waals surface area contributed by atoms with E-state index in [0.29, 0.717) is 0 Å². The molecule has 0 fully saturated rings. The van der Waals surface area contributed by atoms with Crippen molar-refractivity contribution in [2.75, 3.05) is 13.7 Å². The fourth-order valence-electron chi connectivity index (χ4n) is 0. The summed E-state index contributed by atoms with van der Waals surface area (Å²) in [6.45, 7) is 3.01. The number of aliphatic hydroxyl groups is 2. The molecule has 0 heterocycles. The molecule has 0 aliphatic heterocycles. The number of carboxylic acids is 1. The fraction of sp³-hybridized carbons (Fsp3) is 0.800. The van der Waals surface area contributed by atoms with Crippen molar-refractivity contribution in [2.45, 2.75) is 13.8 Å². The van der Waals surface area contributed by atoms with E-state index in [0.717, 1.165) is 14.0 Å². The topological polar surface area (TPSA) is 77.8 Å². The van der Waals surface area contributed by atoms with Gasteiger partial charge in [-0.25, -0.2) is 0 Å². The smallest absolute Gasteiger partial charge is 0.300 e. The van der Waals surface area contributed by atoms with Crippen molar-refractivity contribution in [1.29, 1.82) is 0 Å². The van der Waals surface area contributed by atoms with E-state index in [1.807, 2.05) is 0 Å². The summed E-state index contributed by atoms with van der Waals surface area (Å²) in [5, 5.41) is 22.0. The molecule has 0 unspecified atom stereocenters. The quantitative estimate of drug-likeness (QED) is 0.429. The third-order valence-electron chi connectivity index (χ3n) is 0. The van der Waals surface area contributed by atoms with Gasteiger partial charge in [-0.05, 0) is 6.92 Å². The zero-order valence-corrected chi connectivity index (χ0v) is 5.96. The van der Waals surface area contributed by atoms with Crippen LogP contribution in [0.1, 0.15) is 13.8 Å². The van der Waals surface area contributed by atoms with Crippen LogP contribution < -0.4 is 0 Å². The zero-order chi connectivity index (χ0) is 8.28. The highest BCUT2D eigenvalue weighted by Crippen LogP contribution is 1.42. The van der Waals surface area contributed by atoms with Crippen LogP contribution >= 0.6 is 0 Å². The van der Waals surface area contributed by atoms with Gasteiger partial charge >= 0.3 is 0 Å². The lowest BCUT2D eigenvalue weighted by molar-refractivity contribution is -0.134. The number of hydrogen-bond donors (Lipinski definition) is 3. The summed E-state index contributed by atoms with van der Waals surface area (Å²) in [6.07, 6.45) is 0. The first kappa shape index (κ1) is 15.8. The molecule has 0 spiro atoms. The molecule has 4 nitrogen and oxygen atoms in total. The molecule has 0 amide bonds. The van der Waals surface area contributed by atoms with Crippen LogP contribution in [0.2, 0.25) is 0 Å². The SMILES string of the molecule is CC(=O)O.CCO.CO. The van der Waals surface area contributed by atoms with Crippen LogP contribution in [0.4, 0.5) is 0 Å². The van der Waals surface area contributed by atoms with E-state index < -0.39 is 5.97 Å². The predicted molar refractivity (Wildman–Crippen MR) is 34.2 cm³/mol. The van der Waals surface area contributed by atoms with E-state index in [4.69, 9.17) is 20.1 Å². The Bertz CT molecular complexity index is 40.2. The molecular weight excluding hydrogens is 124 g/mol. The van der Waals surface area contributed by atoms with Gasteiger partial charge < -0.3 is 15.3 Å². The maximum atomic E-state index is 9.00. The fourth-order valence-corrected chi connectivity index (χ4v) is 0. The minimum atomic E-state index is -0.833. The van der Waals surface area contributed by atoms with Crippen molar-refractivity contribution in [3.05, 3.63) is 0 Å². The molecule has 3 N–H and O–H groups in total. The van der Waals surface area contributed by atoms with Crippen molar-refractivity contribution in [3.8, 4) is 0 Å². The van der Waals surface area contributed by atoms with Gasteiger partial charge in [0.15, 0.2) is 0 Å². The van der Waals surface area contributed by atoms with E-state index in [9.17, 15) is 0 Å². The van der Waals surface area contributed by atoms with Gasteiger partial charge in [-0.2, -0.15) is 0 Å². The van der Waals surface area contributed by atoms with Gasteiger partial charge in [0.25, 0.3) is 5.97 Å². The van der Waals surface area contributed by atoms with Crippen molar-refractivity contribution in [1.82, 2.24) is 0 Å². The average molecular weight is 138 g/mol. The predicted octanol–water partition coefficient (Wildman–Crippen LogP) is -0.302. The largest absolute Gasteiger partial charge is 0.481 e. The molecule has 0 radical (unpaired) electrons. The first-order valence-corrected chi connectivity index (χ1v) is 2.40. The summed E-state index contributed by atoms with van der Waals surface area (Å²) in [7, 11) is 1.00. The average Bonchev–Trinajstić information content (AvgIpc) is 1.71. The summed E-state index contributed by atoms with van der Waals surface area (Å²) < 4.78 is 0. The number of carboxylic acid groups (broad SMARTS) is 1. The van der Waals surface area contributed by atoms with Gasteiger partial charge in [0.05, 0.1) is 0 Å². The number of hydrogen-bond acceptors (Lipinski definition) is 3. The van der Waals surface area contributed by atoms with E-state index in [1.54, 1.807) is 6.92 Å². The van der Waals surface area contributed by atoms with Crippen LogP contribution in [0, 0.1) is 0 Å². The highest BCUT2D eigenvalue weighted by Gasteiger charge is 1.65. The number of rotatable bonds is 0. The van der Waals surface area contributed by atoms with Gasteiger partial charge in [0.2, 0.25) is 0 Å². The Kier molecular flexibility index (Phi) is 46.0. The monoisotopic (exact) mass is 138 g/mol. The third-order valence-corrected chi connectivity index (χ3v) is 0. The Hall–Kier alpha value is -0.610. The summed E-state index contributed by atoms with van der Waals surface area (Å²) in [5.74, 6) is -0.833. The first-order chi connectivity index (χ1) is 4.15. The van der Waals surface area contributed by atoms with Gasteiger partial charge in [0, 0.05) is 20.6 Å². The molecular formula is C5H14O4. The van der Waals surface area contributed by atoms with Crippen molar-refractivity contribution in [3.63, 3.8) is 0 Å². The maximum Gasteiger partial charge on any atom is 0.300 e. The van der Waals surface area contributed by atoms with Gasteiger partial charge in [-0.15, -0.1) is 0 Å². The Labute approximate surface area is 54.8 Å². The van der Waals surface area contributed by atoms with Crippen LogP contribution in [-0.4, -0.2) is 35.0 Å². The molecule has 58 valence electrons. The second-order valence-electron chi connectivity index (χ2n) is 0.835. The van der Waals surface area contributed by atoms with Crippen molar-refractivity contribution in [2.24, 2.45) is 0 Å². The summed E-state index contributed by atoms with van der Waals surface area (Å²) in [5.41, 5.74) is 0. The van der Waals surface area contributed by atoms with Crippen LogP contribution in [-0.2, 0) is 4.79 Å². The van der Waals surface area contributed by atoms with E-state index in [1.165, 1.54) is 0 Å². The molecule has 0 aliphatic carbocycles. The van der Waals surface area contributed by atoms with Crippen LogP contribution in [0.15, 0.2) is 0 Å². The van der Waals surface area contributed by atoms with Crippen LogP contribution in [0.5, 0.6) is 0 Å². The molecule has 4 heteroatoms. The van der Waals surface area contributed by atoms with Gasteiger partial charge in [-0.3, -0.25) is 4.79 Å². The van der Waals surface area contributed by atoms with E-state index >= 15 is 0 Å². The lowest BCUT2D eigenvalue weighted by Crippen LogP contribution is -1.78. The second kappa shape index (κ2) is 26.3. The molecule has 0 aliphatic rings. The molecule has 0 rings (SSSR count).